The number of esters is 1. The van der Waals surface area contributed by atoms with Crippen molar-refractivity contribution in [1.82, 2.24) is 9.29 Å². The number of benzene rings is 3. The molecule has 39 heavy (non-hydrogen) atoms. The zero-order valence-electron chi connectivity index (χ0n) is 21.5. The monoisotopic (exact) mass is 548 g/mol. The molecule has 202 valence electrons. The van der Waals surface area contributed by atoms with Gasteiger partial charge in [0.2, 0.25) is 0 Å². The summed E-state index contributed by atoms with van der Waals surface area (Å²) < 4.78 is 37.9. The lowest BCUT2D eigenvalue weighted by atomic mass is 10.0. The van der Waals surface area contributed by atoms with Gasteiger partial charge in [-0.3, -0.25) is 4.79 Å². The van der Waals surface area contributed by atoms with Crippen LogP contribution in [0, 0.1) is 6.92 Å². The van der Waals surface area contributed by atoms with Crippen molar-refractivity contribution < 1.29 is 32.3 Å². The van der Waals surface area contributed by atoms with Crippen molar-refractivity contribution in [3.63, 3.8) is 0 Å². The predicted octanol–water partition coefficient (Wildman–Crippen LogP) is 4.16. The first-order valence-electron chi connectivity index (χ1n) is 12.2. The SMILES string of the molecule is COC(=O)[C@H](CC(=O)Cc1cn(S(=O)(=O)c2ccc(C)cc2)c2ccccc12)NC(=O)OCc1ccccc1. The van der Waals surface area contributed by atoms with Crippen LogP contribution < -0.4 is 5.32 Å². The van der Waals surface area contributed by atoms with Crippen LogP contribution in [0.1, 0.15) is 23.1 Å². The van der Waals surface area contributed by atoms with E-state index in [1.165, 1.54) is 18.3 Å². The number of rotatable bonds is 10. The highest BCUT2D eigenvalue weighted by molar-refractivity contribution is 7.90. The molecule has 0 bridgehead atoms. The maximum Gasteiger partial charge on any atom is 0.408 e. The van der Waals surface area contributed by atoms with Crippen LogP contribution in [0.2, 0.25) is 0 Å². The van der Waals surface area contributed by atoms with Gasteiger partial charge in [-0.05, 0) is 36.2 Å². The van der Waals surface area contributed by atoms with E-state index in [4.69, 9.17) is 9.47 Å². The van der Waals surface area contributed by atoms with Crippen LogP contribution in [0.4, 0.5) is 4.79 Å². The van der Waals surface area contributed by atoms with Crippen molar-refractivity contribution in [2.45, 2.75) is 37.3 Å². The molecular weight excluding hydrogens is 520 g/mol. The second kappa shape index (κ2) is 12.0. The van der Waals surface area contributed by atoms with E-state index in [0.717, 1.165) is 22.2 Å². The molecule has 1 atom stereocenters. The molecule has 0 aliphatic rings. The summed E-state index contributed by atoms with van der Waals surface area (Å²) in [5, 5.41) is 2.98. The molecule has 0 radical (unpaired) electrons. The third-order valence-corrected chi connectivity index (χ3v) is 7.84. The number of carbonyl (C=O) groups is 3. The number of Topliss-reactive ketones (excluding diaryl/α,β-unsaturated/α-hetero) is 1. The van der Waals surface area contributed by atoms with Gasteiger partial charge in [0, 0.05) is 24.4 Å². The number of ketones is 1. The first-order chi connectivity index (χ1) is 18.7. The summed E-state index contributed by atoms with van der Waals surface area (Å²) in [5.41, 5.74) is 2.58. The fourth-order valence-electron chi connectivity index (χ4n) is 4.14. The highest BCUT2D eigenvalue weighted by atomic mass is 32.2. The molecule has 0 fully saturated rings. The second-order valence-corrected chi connectivity index (χ2v) is 10.8. The normalized spacial score (nSPS) is 12.1. The fourth-order valence-corrected chi connectivity index (χ4v) is 5.53. The summed E-state index contributed by atoms with van der Waals surface area (Å²) in [6.07, 6.45) is 0.0254. The number of fused-ring (bicyclic) bond motifs is 1. The van der Waals surface area contributed by atoms with Gasteiger partial charge in [-0.2, -0.15) is 0 Å². The smallest absolute Gasteiger partial charge is 0.408 e. The van der Waals surface area contributed by atoms with Crippen LogP contribution in [0.3, 0.4) is 0 Å². The number of alkyl carbamates (subject to hydrolysis) is 1. The Balaban J connectivity index is 1.51. The van der Waals surface area contributed by atoms with E-state index in [2.05, 4.69) is 5.32 Å². The molecule has 9 nitrogen and oxygen atoms in total. The molecule has 4 aromatic rings. The zero-order chi connectivity index (χ0) is 28.0. The topological polar surface area (TPSA) is 121 Å². The number of methoxy groups -OCH3 is 1. The van der Waals surface area contributed by atoms with E-state index < -0.39 is 33.9 Å². The number of hydrogen-bond acceptors (Lipinski definition) is 7. The van der Waals surface area contributed by atoms with Crippen molar-refractivity contribution >= 4 is 38.8 Å². The molecule has 4 rings (SSSR count). The largest absolute Gasteiger partial charge is 0.467 e. The molecular formula is C29H28N2O7S. The van der Waals surface area contributed by atoms with E-state index in [1.54, 1.807) is 60.7 Å². The van der Waals surface area contributed by atoms with Crippen LogP contribution in [0.5, 0.6) is 0 Å². The minimum atomic E-state index is -3.93. The van der Waals surface area contributed by atoms with E-state index >= 15 is 0 Å². The maximum atomic E-state index is 13.4. The van der Waals surface area contributed by atoms with Gasteiger partial charge in [-0.1, -0.05) is 66.2 Å². The molecule has 1 N–H and O–H groups in total. The third-order valence-electron chi connectivity index (χ3n) is 6.15. The highest BCUT2D eigenvalue weighted by Gasteiger charge is 2.27. The predicted molar refractivity (Wildman–Crippen MR) is 145 cm³/mol. The average Bonchev–Trinajstić information content (AvgIpc) is 3.31. The summed E-state index contributed by atoms with van der Waals surface area (Å²) in [5.74, 6) is -1.20. The van der Waals surface area contributed by atoms with Gasteiger partial charge in [0.1, 0.15) is 18.4 Å². The van der Waals surface area contributed by atoms with Crippen LogP contribution in [-0.2, 0) is 42.1 Å². The summed E-state index contributed by atoms with van der Waals surface area (Å²) >= 11 is 0. The van der Waals surface area contributed by atoms with Crippen LogP contribution in [0.15, 0.2) is 90.0 Å². The van der Waals surface area contributed by atoms with E-state index in [-0.39, 0.29) is 24.3 Å². The van der Waals surface area contributed by atoms with Crippen molar-refractivity contribution in [2.24, 2.45) is 0 Å². The summed E-state index contributed by atoms with van der Waals surface area (Å²) in [6.45, 7) is 1.86. The lowest BCUT2D eigenvalue weighted by Crippen LogP contribution is -2.43. The van der Waals surface area contributed by atoms with Gasteiger partial charge in [0.15, 0.2) is 0 Å². The molecule has 0 aliphatic heterocycles. The molecule has 0 unspecified atom stereocenters. The Labute approximate surface area is 226 Å². The quantitative estimate of drug-likeness (QED) is 0.296. The van der Waals surface area contributed by atoms with Gasteiger partial charge in [0.05, 0.1) is 17.5 Å². The number of hydrogen-bond donors (Lipinski definition) is 1. The molecule has 1 aromatic heterocycles. The maximum absolute atomic E-state index is 13.4. The zero-order valence-corrected chi connectivity index (χ0v) is 22.3. The Morgan fingerprint density at radius 1 is 0.923 bits per heavy atom. The molecule has 0 spiro atoms. The Kier molecular flexibility index (Phi) is 8.46. The van der Waals surface area contributed by atoms with Gasteiger partial charge < -0.3 is 14.8 Å². The van der Waals surface area contributed by atoms with Crippen molar-refractivity contribution in [3.8, 4) is 0 Å². The first kappa shape index (κ1) is 27.6. The fraction of sp³-hybridized carbons (Fsp3) is 0.207. The first-order valence-corrected chi connectivity index (χ1v) is 13.6. The number of amides is 1. The second-order valence-electron chi connectivity index (χ2n) is 8.99. The highest BCUT2D eigenvalue weighted by Crippen LogP contribution is 2.27. The Morgan fingerprint density at radius 3 is 2.28 bits per heavy atom. The number of carbonyl (C=O) groups excluding carboxylic acids is 3. The molecule has 10 heteroatoms. The van der Waals surface area contributed by atoms with Crippen LogP contribution in [-0.4, -0.2) is 43.4 Å². The Bertz CT molecular complexity index is 1590. The molecule has 0 saturated carbocycles. The number of nitrogens with one attached hydrogen (secondary N) is 1. The number of para-hydroxylation sites is 1. The minimum Gasteiger partial charge on any atom is -0.467 e. The number of ether oxygens (including phenoxy) is 2. The molecule has 3 aromatic carbocycles. The third kappa shape index (κ3) is 6.53. The van der Waals surface area contributed by atoms with E-state index in [9.17, 15) is 22.8 Å². The summed E-state index contributed by atoms with van der Waals surface area (Å²) in [7, 11) is -2.77. The number of aromatic nitrogens is 1. The Morgan fingerprint density at radius 2 is 1.59 bits per heavy atom. The number of nitrogens with zero attached hydrogens (tertiary/aromatic N) is 1. The molecule has 1 amide bonds. The van der Waals surface area contributed by atoms with Crippen molar-refractivity contribution in [3.05, 3.63) is 102 Å². The summed E-state index contributed by atoms with van der Waals surface area (Å²) in [6, 6.07) is 21.1. The van der Waals surface area contributed by atoms with Crippen LogP contribution >= 0.6 is 0 Å². The van der Waals surface area contributed by atoms with Crippen molar-refractivity contribution in [1.29, 1.82) is 0 Å². The van der Waals surface area contributed by atoms with Gasteiger partial charge in [-0.15, -0.1) is 0 Å². The molecule has 1 heterocycles. The van der Waals surface area contributed by atoms with Gasteiger partial charge in [0.25, 0.3) is 10.0 Å². The van der Waals surface area contributed by atoms with Crippen LogP contribution in [0.25, 0.3) is 10.9 Å². The summed E-state index contributed by atoms with van der Waals surface area (Å²) in [4.78, 5) is 37.8. The minimum absolute atomic E-state index is 0.0104. The van der Waals surface area contributed by atoms with Gasteiger partial charge >= 0.3 is 12.1 Å². The van der Waals surface area contributed by atoms with Crippen molar-refractivity contribution in [2.75, 3.05) is 7.11 Å². The lowest BCUT2D eigenvalue weighted by molar-refractivity contribution is -0.144. The van der Waals surface area contributed by atoms with E-state index in [0.29, 0.717) is 16.5 Å². The average molecular weight is 549 g/mol. The lowest BCUT2D eigenvalue weighted by Gasteiger charge is -2.16. The molecule has 0 aliphatic carbocycles. The van der Waals surface area contributed by atoms with Gasteiger partial charge in [-0.25, -0.2) is 22.0 Å². The molecule has 0 saturated heterocycles. The number of aryl methyl sites for hydroxylation is 1. The Hall–Kier alpha value is -4.44. The van der Waals surface area contributed by atoms with E-state index in [1.807, 2.05) is 13.0 Å². The standard InChI is InChI=1S/C29H28N2O7S/c1-20-12-14-24(15-13-20)39(35,36)31-18-22(25-10-6-7-11-27(25)31)16-23(32)17-26(28(33)37-2)30-29(34)38-19-21-8-4-3-5-9-21/h3-15,18,26H,16-17,19H2,1-2H3,(H,30,34)/t26-/m0/s1.